The van der Waals surface area contributed by atoms with Crippen molar-refractivity contribution in [2.75, 3.05) is 13.1 Å². The zero-order valence-electron chi connectivity index (χ0n) is 6.31. The molecule has 0 aromatic rings. The van der Waals surface area contributed by atoms with E-state index >= 15 is 0 Å². The highest BCUT2D eigenvalue weighted by atomic mass is 35.5. The summed E-state index contributed by atoms with van der Waals surface area (Å²) >= 11 is 5.61. The van der Waals surface area contributed by atoms with Crippen molar-refractivity contribution in [2.45, 2.75) is 12.5 Å². The lowest BCUT2D eigenvalue weighted by atomic mass is 10.1. The maximum Gasteiger partial charge on any atom is 0.0848 e. The highest BCUT2D eigenvalue weighted by Crippen LogP contribution is 2.14. The van der Waals surface area contributed by atoms with Crippen molar-refractivity contribution in [1.82, 2.24) is 5.32 Å². The fourth-order valence-corrected chi connectivity index (χ4v) is 1.31. The number of aliphatic hydroxyl groups excluding tert-OH is 1. The van der Waals surface area contributed by atoms with Gasteiger partial charge < -0.3 is 10.4 Å². The van der Waals surface area contributed by atoms with Crippen LogP contribution in [0.1, 0.15) is 6.42 Å². The van der Waals surface area contributed by atoms with Gasteiger partial charge in [-0.05, 0) is 0 Å². The lowest BCUT2D eigenvalue weighted by molar-refractivity contribution is 0.213. The molecular formula is C8H12ClNO. The Kier molecular flexibility index (Phi) is 3.12. The van der Waals surface area contributed by atoms with E-state index in [4.69, 9.17) is 11.6 Å². The third kappa shape index (κ3) is 3.06. The van der Waals surface area contributed by atoms with Gasteiger partial charge >= 0.3 is 0 Å². The first-order valence-electron chi connectivity index (χ1n) is 3.60. The van der Waals surface area contributed by atoms with Gasteiger partial charge in [0.05, 0.1) is 6.10 Å². The van der Waals surface area contributed by atoms with Gasteiger partial charge in [0.2, 0.25) is 0 Å². The molecule has 62 valence electrons. The first-order chi connectivity index (χ1) is 5.18. The molecule has 0 saturated carbocycles. The number of β-amino-alcohol motifs (C(OH)–C–C–N with tert-alkyl or cyclic N) is 1. The predicted octanol–water partition coefficient (Wildman–Crippen LogP) is 1.02. The van der Waals surface area contributed by atoms with E-state index in [2.05, 4.69) is 11.9 Å². The molecule has 3 heteroatoms. The van der Waals surface area contributed by atoms with Crippen LogP contribution in [0.5, 0.6) is 0 Å². The van der Waals surface area contributed by atoms with Crippen LogP contribution in [-0.2, 0) is 0 Å². The van der Waals surface area contributed by atoms with Gasteiger partial charge in [0, 0.05) is 24.5 Å². The molecule has 0 spiro atoms. The summed E-state index contributed by atoms with van der Waals surface area (Å²) in [5.41, 5.74) is 1.11. The highest BCUT2D eigenvalue weighted by molar-refractivity contribution is 6.29. The summed E-state index contributed by atoms with van der Waals surface area (Å²) in [5, 5.41) is 12.9. The van der Waals surface area contributed by atoms with E-state index in [1.165, 1.54) is 0 Å². The Balaban J connectivity index is 2.49. The second kappa shape index (κ2) is 3.90. The first-order valence-corrected chi connectivity index (χ1v) is 3.98. The zero-order valence-corrected chi connectivity index (χ0v) is 7.06. The van der Waals surface area contributed by atoms with Gasteiger partial charge in [-0.2, -0.15) is 0 Å². The topological polar surface area (TPSA) is 32.3 Å². The van der Waals surface area contributed by atoms with Crippen LogP contribution in [-0.4, -0.2) is 24.3 Å². The van der Waals surface area contributed by atoms with Gasteiger partial charge in [-0.1, -0.05) is 29.8 Å². The van der Waals surface area contributed by atoms with E-state index in [0.29, 0.717) is 18.0 Å². The number of allylic oxidation sites excluding steroid dienone is 1. The highest BCUT2D eigenvalue weighted by Gasteiger charge is 2.09. The van der Waals surface area contributed by atoms with Crippen LogP contribution >= 0.6 is 11.6 Å². The molecule has 0 aromatic heterocycles. The van der Waals surface area contributed by atoms with Crippen molar-refractivity contribution in [1.29, 1.82) is 0 Å². The van der Waals surface area contributed by atoms with Crippen LogP contribution in [0, 0.1) is 0 Å². The van der Waals surface area contributed by atoms with Gasteiger partial charge in [0.15, 0.2) is 0 Å². The molecule has 0 bridgehead atoms. The summed E-state index contributed by atoms with van der Waals surface area (Å²) in [6.45, 7) is 5.03. The van der Waals surface area contributed by atoms with Crippen LogP contribution < -0.4 is 5.32 Å². The number of halogens is 1. The van der Waals surface area contributed by atoms with Crippen LogP contribution in [0.3, 0.4) is 0 Å². The fourth-order valence-electron chi connectivity index (χ4n) is 1.14. The predicted molar refractivity (Wildman–Crippen MR) is 46.6 cm³/mol. The number of hydrogen-bond donors (Lipinski definition) is 2. The van der Waals surface area contributed by atoms with Crippen molar-refractivity contribution < 1.29 is 5.11 Å². The second-order valence-corrected chi connectivity index (χ2v) is 3.25. The number of hydrogen-bond acceptors (Lipinski definition) is 2. The minimum Gasteiger partial charge on any atom is -0.388 e. The van der Waals surface area contributed by atoms with E-state index in [1.807, 2.05) is 6.08 Å². The smallest absolute Gasteiger partial charge is 0.0848 e. The lowest BCUT2D eigenvalue weighted by Gasteiger charge is -2.17. The third-order valence-electron chi connectivity index (χ3n) is 1.55. The van der Waals surface area contributed by atoms with Crippen molar-refractivity contribution in [3.8, 4) is 0 Å². The largest absolute Gasteiger partial charge is 0.388 e. The van der Waals surface area contributed by atoms with E-state index in [0.717, 1.165) is 12.1 Å². The van der Waals surface area contributed by atoms with E-state index < -0.39 is 0 Å². The van der Waals surface area contributed by atoms with Crippen molar-refractivity contribution in [3.63, 3.8) is 0 Å². The van der Waals surface area contributed by atoms with Gasteiger partial charge in [0.25, 0.3) is 0 Å². The molecule has 1 aliphatic rings. The third-order valence-corrected chi connectivity index (χ3v) is 1.69. The Morgan fingerprint density at radius 1 is 1.91 bits per heavy atom. The average Bonchev–Trinajstić information content (AvgIpc) is 1.85. The summed E-state index contributed by atoms with van der Waals surface area (Å²) in [5.74, 6) is 0. The molecule has 0 saturated heterocycles. The van der Waals surface area contributed by atoms with E-state index in [9.17, 15) is 5.11 Å². The summed E-state index contributed by atoms with van der Waals surface area (Å²) in [6, 6.07) is 0. The Hall–Kier alpha value is -0.310. The molecule has 0 aliphatic carbocycles. The number of rotatable bonds is 2. The SMILES string of the molecule is C=C(Cl)CC1=CC(O)CNC1. The Morgan fingerprint density at radius 3 is 3.18 bits per heavy atom. The zero-order chi connectivity index (χ0) is 8.27. The molecular weight excluding hydrogens is 162 g/mol. The molecule has 0 aromatic carbocycles. The Morgan fingerprint density at radius 2 is 2.64 bits per heavy atom. The molecule has 1 unspecified atom stereocenters. The normalized spacial score (nSPS) is 24.5. The molecule has 1 aliphatic heterocycles. The maximum atomic E-state index is 9.18. The molecule has 1 atom stereocenters. The molecule has 1 rings (SSSR count). The summed E-state index contributed by atoms with van der Waals surface area (Å²) in [7, 11) is 0. The van der Waals surface area contributed by atoms with Crippen LogP contribution in [0.2, 0.25) is 0 Å². The molecule has 0 amide bonds. The number of aliphatic hydroxyl groups is 1. The monoisotopic (exact) mass is 173 g/mol. The van der Waals surface area contributed by atoms with Crippen LogP contribution in [0.15, 0.2) is 23.3 Å². The number of nitrogens with one attached hydrogen (secondary N) is 1. The van der Waals surface area contributed by atoms with Crippen molar-refractivity contribution in [3.05, 3.63) is 23.3 Å². The summed E-state index contributed by atoms with van der Waals surface area (Å²) in [4.78, 5) is 0. The molecule has 0 fully saturated rings. The molecule has 0 radical (unpaired) electrons. The minimum atomic E-state index is -0.366. The standard InChI is InChI=1S/C8H12ClNO/c1-6(9)2-7-3-8(11)5-10-4-7/h3,8,10-11H,1-2,4-5H2. The van der Waals surface area contributed by atoms with E-state index in [1.54, 1.807) is 0 Å². The molecule has 2 N–H and O–H groups in total. The maximum absolute atomic E-state index is 9.18. The molecule has 2 nitrogen and oxygen atoms in total. The van der Waals surface area contributed by atoms with Gasteiger partial charge in [-0.25, -0.2) is 0 Å². The quantitative estimate of drug-likeness (QED) is 0.612. The molecule has 1 heterocycles. The van der Waals surface area contributed by atoms with Crippen LogP contribution in [0.4, 0.5) is 0 Å². The van der Waals surface area contributed by atoms with Gasteiger partial charge in [-0.15, -0.1) is 0 Å². The Labute approximate surface area is 71.6 Å². The fraction of sp³-hybridized carbons (Fsp3) is 0.500. The summed E-state index contributed by atoms with van der Waals surface area (Å²) in [6.07, 6.45) is 2.14. The minimum absolute atomic E-state index is 0.366. The second-order valence-electron chi connectivity index (χ2n) is 2.72. The van der Waals surface area contributed by atoms with Crippen LogP contribution in [0.25, 0.3) is 0 Å². The lowest BCUT2D eigenvalue weighted by Crippen LogP contribution is -2.32. The first kappa shape index (κ1) is 8.78. The summed E-state index contributed by atoms with van der Waals surface area (Å²) < 4.78 is 0. The van der Waals surface area contributed by atoms with E-state index in [-0.39, 0.29) is 6.10 Å². The molecule has 11 heavy (non-hydrogen) atoms. The van der Waals surface area contributed by atoms with Crippen molar-refractivity contribution >= 4 is 11.6 Å². The Bertz CT molecular complexity index is 189. The van der Waals surface area contributed by atoms with Gasteiger partial charge in [-0.3, -0.25) is 0 Å². The van der Waals surface area contributed by atoms with Gasteiger partial charge in [0.1, 0.15) is 0 Å². The average molecular weight is 174 g/mol. The van der Waals surface area contributed by atoms with Crippen molar-refractivity contribution in [2.24, 2.45) is 0 Å².